The van der Waals surface area contributed by atoms with Gasteiger partial charge in [-0.25, -0.2) is 9.97 Å². The van der Waals surface area contributed by atoms with Crippen molar-refractivity contribution in [3.8, 4) is 0 Å². The van der Waals surface area contributed by atoms with Gasteiger partial charge in [0.2, 0.25) is 11.8 Å². The molecule has 4 aromatic rings. The summed E-state index contributed by atoms with van der Waals surface area (Å²) in [6.07, 6.45) is 2.07. The first-order valence-corrected chi connectivity index (χ1v) is 11.4. The zero-order valence-electron chi connectivity index (χ0n) is 16.8. The smallest absolute Gasteiger partial charge is 0.224 e. The normalized spacial score (nSPS) is 11.1. The summed E-state index contributed by atoms with van der Waals surface area (Å²) in [6.45, 7) is 3.94. The molecule has 2 heterocycles. The van der Waals surface area contributed by atoms with Crippen LogP contribution in [0.5, 0.6) is 0 Å². The van der Waals surface area contributed by atoms with Gasteiger partial charge < -0.3 is 10.6 Å². The summed E-state index contributed by atoms with van der Waals surface area (Å²) >= 11 is 3.27. The van der Waals surface area contributed by atoms with Crippen LogP contribution in [-0.2, 0) is 9.59 Å². The second kappa shape index (κ2) is 8.89. The number of hydrogen-bond donors (Lipinski definition) is 2. The van der Waals surface area contributed by atoms with Gasteiger partial charge in [-0.1, -0.05) is 0 Å². The average Bonchev–Trinajstić information content (AvgIpc) is 3.25. The Labute approximate surface area is 182 Å². The molecule has 30 heavy (non-hydrogen) atoms. The molecule has 8 heteroatoms. The highest BCUT2D eigenvalue weighted by molar-refractivity contribution is 7.18. The van der Waals surface area contributed by atoms with E-state index in [2.05, 4.69) is 20.6 Å². The molecule has 0 bridgehead atoms. The van der Waals surface area contributed by atoms with E-state index in [1.54, 1.807) is 22.7 Å². The summed E-state index contributed by atoms with van der Waals surface area (Å²) in [7, 11) is 0. The summed E-state index contributed by atoms with van der Waals surface area (Å²) in [5, 5.41) is 7.83. The van der Waals surface area contributed by atoms with E-state index in [-0.39, 0.29) is 11.8 Å². The van der Waals surface area contributed by atoms with Gasteiger partial charge in [0.25, 0.3) is 0 Å². The monoisotopic (exact) mass is 438 g/mol. The molecule has 0 fully saturated rings. The molecule has 0 atom stereocenters. The van der Waals surface area contributed by atoms with Gasteiger partial charge in [0.15, 0.2) is 0 Å². The van der Waals surface area contributed by atoms with Crippen molar-refractivity contribution < 1.29 is 9.59 Å². The number of amides is 2. The molecule has 4 rings (SSSR count). The number of aryl methyl sites for hydroxylation is 2. The topological polar surface area (TPSA) is 84.0 Å². The fraction of sp³-hybridized carbons (Fsp3) is 0.273. The second-order valence-corrected chi connectivity index (χ2v) is 9.60. The summed E-state index contributed by atoms with van der Waals surface area (Å²) in [5.41, 5.74) is 3.31. The second-order valence-electron chi connectivity index (χ2n) is 7.13. The van der Waals surface area contributed by atoms with E-state index in [4.69, 9.17) is 0 Å². The van der Waals surface area contributed by atoms with E-state index in [1.165, 1.54) is 0 Å². The number of benzene rings is 2. The number of unbranched alkanes of at least 4 members (excludes halogenated alkanes) is 1. The molecule has 2 aromatic carbocycles. The lowest BCUT2D eigenvalue weighted by atomic mass is 10.1. The van der Waals surface area contributed by atoms with Gasteiger partial charge in [-0.05, 0) is 63.1 Å². The molecule has 0 aliphatic rings. The van der Waals surface area contributed by atoms with Crippen molar-refractivity contribution in [2.45, 2.75) is 39.5 Å². The Kier molecular flexibility index (Phi) is 6.06. The van der Waals surface area contributed by atoms with Crippen LogP contribution in [0.2, 0.25) is 0 Å². The third kappa shape index (κ3) is 5.01. The number of anilines is 2. The third-order valence-corrected chi connectivity index (χ3v) is 6.52. The summed E-state index contributed by atoms with van der Waals surface area (Å²) in [6, 6.07) is 11.5. The molecule has 0 aliphatic carbocycles. The number of fused-ring (bicyclic) bond motifs is 2. The van der Waals surface area contributed by atoms with Crippen molar-refractivity contribution >= 4 is 66.3 Å². The third-order valence-electron chi connectivity index (χ3n) is 4.61. The molecule has 0 spiro atoms. The van der Waals surface area contributed by atoms with E-state index in [1.807, 2.05) is 50.2 Å². The minimum absolute atomic E-state index is 0.0499. The standard InChI is InChI=1S/C22H22N4O2S2/c1-13-23-17-11-15(7-9-19(17)29-13)25-21(27)5-3-4-6-22(28)26-16-8-10-20-18(12-16)24-14(2)30-20/h7-12H,3-6H2,1-2H3,(H,25,27)(H,26,28). The number of rotatable bonds is 7. The Bertz CT molecular complexity index is 1130. The fourth-order valence-corrected chi connectivity index (χ4v) is 4.87. The fourth-order valence-electron chi connectivity index (χ4n) is 3.26. The van der Waals surface area contributed by atoms with Crippen molar-refractivity contribution in [1.29, 1.82) is 0 Å². The number of carbonyl (C=O) groups excluding carboxylic acids is 2. The van der Waals surface area contributed by atoms with E-state index in [0.717, 1.165) is 41.8 Å². The maximum absolute atomic E-state index is 12.2. The van der Waals surface area contributed by atoms with Crippen LogP contribution in [0.1, 0.15) is 35.7 Å². The molecule has 2 aromatic heterocycles. The lowest BCUT2D eigenvalue weighted by Gasteiger charge is -2.06. The first-order chi connectivity index (χ1) is 14.5. The largest absolute Gasteiger partial charge is 0.326 e. The van der Waals surface area contributed by atoms with E-state index >= 15 is 0 Å². The van der Waals surface area contributed by atoms with Crippen LogP contribution in [-0.4, -0.2) is 21.8 Å². The van der Waals surface area contributed by atoms with Gasteiger partial charge in [-0.15, -0.1) is 22.7 Å². The molecule has 0 radical (unpaired) electrons. The minimum Gasteiger partial charge on any atom is -0.326 e. The van der Waals surface area contributed by atoms with Crippen molar-refractivity contribution in [1.82, 2.24) is 9.97 Å². The average molecular weight is 439 g/mol. The Morgan fingerprint density at radius 2 is 1.20 bits per heavy atom. The van der Waals surface area contributed by atoms with Gasteiger partial charge in [0.1, 0.15) is 0 Å². The zero-order chi connectivity index (χ0) is 21.1. The molecular formula is C22H22N4O2S2. The highest BCUT2D eigenvalue weighted by atomic mass is 32.1. The highest BCUT2D eigenvalue weighted by Crippen LogP contribution is 2.25. The minimum atomic E-state index is -0.0499. The number of hydrogen-bond acceptors (Lipinski definition) is 6. The molecule has 2 N–H and O–H groups in total. The van der Waals surface area contributed by atoms with Crippen LogP contribution in [0.4, 0.5) is 11.4 Å². The van der Waals surface area contributed by atoms with E-state index < -0.39 is 0 Å². The van der Waals surface area contributed by atoms with Crippen LogP contribution in [0, 0.1) is 13.8 Å². The summed E-state index contributed by atoms with van der Waals surface area (Å²) in [4.78, 5) is 33.3. The Hall–Kier alpha value is -2.84. The van der Waals surface area contributed by atoms with Crippen LogP contribution in [0.15, 0.2) is 36.4 Å². The van der Waals surface area contributed by atoms with E-state index in [0.29, 0.717) is 25.7 Å². The van der Waals surface area contributed by atoms with Crippen molar-refractivity contribution in [3.05, 3.63) is 46.4 Å². The number of thiazole rings is 2. The van der Waals surface area contributed by atoms with Crippen LogP contribution in [0.25, 0.3) is 20.4 Å². The first kappa shape index (κ1) is 20.4. The van der Waals surface area contributed by atoms with Crippen molar-refractivity contribution in [3.63, 3.8) is 0 Å². The van der Waals surface area contributed by atoms with Gasteiger partial charge in [0, 0.05) is 24.2 Å². The number of nitrogens with one attached hydrogen (secondary N) is 2. The molecule has 0 saturated carbocycles. The quantitative estimate of drug-likeness (QED) is 0.365. The lowest BCUT2D eigenvalue weighted by molar-refractivity contribution is -0.118. The predicted molar refractivity (Wildman–Crippen MR) is 124 cm³/mol. The van der Waals surface area contributed by atoms with Crippen molar-refractivity contribution in [2.24, 2.45) is 0 Å². The predicted octanol–water partition coefficient (Wildman–Crippen LogP) is 5.66. The molecule has 2 amide bonds. The van der Waals surface area contributed by atoms with Gasteiger partial charge in [0.05, 0.1) is 30.4 Å². The van der Waals surface area contributed by atoms with Gasteiger partial charge in [-0.2, -0.15) is 0 Å². The SMILES string of the molecule is Cc1nc2cc(NC(=O)CCCCC(=O)Nc3ccc4sc(C)nc4c3)ccc2s1. The van der Waals surface area contributed by atoms with Gasteiger partial charge >= 0.3 is 0 Å². The zero-order valence-corrected chi connectivity index (χ0v) is 18.5. The lowest BCUT2D eigenvalue weighted by Crippen LogP contribution is -2.13. The number of carbonyl (C=O) groups is 2. The van der Waals surface area contributed by atoms with Crippen LogP contribution in [0.3, 0.4) is 0 Å². The Balaban J connectivity index is 1.20. The Morgan fingerprint density at radius 1 is 0.767 bits per heavy atom. The van der Waals surface area contributed by atoms with Crippen LogP contribution >= 0.6 is 22.7 Å². The molecule has 0 aliphatic heterocycles. The Morgan fingerprint density at radius 3 is 1.63 bits per heavy atom. The molecule has 0 saturated heterocycles. The first-order valence-electron chi connectivity index (χ1n) is 9.80. The molecule has 0 unspecified atom stereocenters. The van der Waals surface area contributed by atoms with Gasteiger partial charge in [-0.3, -0.25) is 9.59 Å². The summed E-state index contributed by atoms with van der Waals surface area (Å²) < 4.78 is 2.22. The highest BCUT2D eigenvalue weighted by Gasteiger charge is 2.08. The molecular weight excluding hydrogens is 416 g/mol. The molecule has 6 nitrogen and oxygen atoms in total. The van der Waals surface area contributed by atoms with Crippen molar-refractivity contribution in [2.75, 3.05) is 10.6 Å². The number of aromatic nitrogens is 2. The van der Waals surface area contributed by atoms with E-state index in [9.17, 15) is 9.59 Å². The maximum atomic E-state index is 12.2. The maximum Gasteiger partial charge on any atom is 0.224 e. The number of nitrogens with zero attached hydrogens (tertiary/aromatic N) is 2. The summed E-state index contributed by atoms with van der Waals surface area (Å²) in [5.74, 6) is -0.0999. The molecule has 154 valence electrons. The van der Waals surface area contributed by atoms with Crippen LogP contribution < -0.4 is 10.6 Å².